The number of rotatable bonds is 7. The lowest BCUT2D eigenvalue weighted by molar-refractivity contribution is 0.684. The topological polar surface area (TPSA) is 79.6 Å². The van der Waals surface area contributed by atoms with E-state index in [1.54, 1.807) is 0 Å². The lowest BCUT2D eigenvalue weighted by atomic mass is 10.0. The van der Waals surface area contributed by atoms with Gasteiger partial charge in [0.25, 0.3) is 0 Å². The number of fused-ring (bicyclic) bond motifs is 1. The lowest BCUT2D eigenvalue weighted by Crippen LogP contribution is -2.04. The van der Waals surface area contributed by atoms with Crippen LogP contribution in [0.4, 0.5) is 11.6 Å². The maximum atomic E-state index is 6.07. The highest BCUT2D eigenvalue weighted by Gasteiger charge is 2.13. The van der Waals surface area contributed by atoms with Crippen LogP contribution in [0.15, 0.2) is 30.3 Å². The summed E-state index contributed by atoms with van der Waals surface area (Å²) in [6, 6.07) is 10.5. The third-order valence-corrected chi connectivity index (χ3v) is 4.25. The third kappa shape index (κ3) is 3.50. The fourth-order valence-corrected chi connectivity index (χ4v) is 2.87. The van der Waals surface area contributed by atoms with Crippen LogP contribution in [0.2, 0.25) is 0 Å². The van der Waals surface area contributed by atoms with E-state index in [-0.39, 0.29) is 0 Å². The van der Waals surface area contributed by atoms with E-state index in [0.717, 1.165) is 35.3 Å². The van der Waals surface area contributed by atoms with Gasteiger partial charge in [-0.1, -0.05) is 56.0 Å². The zero-order chi connectivity index (χ0) is 16.9. The average molecular weight is 323 g/mol. The Balaban J connectivity index is 1.90. The summed E-state index contributed by atoms with van der Waals surface area (Å²) >= 11 is 0. The molecule has 126 valence electrons. The predicted octanol–water partition coefficient (Wildman–Crippen LogP) is 4.51. The van der Waals surface area contributed by atoms with Crippen LogP contribution in [0.3, 0.4) is 0 Å². The number of aromatic amines is 1. The van der Waals surface area contributed by atoms with Gasteiger partial charge in [0.1, 0.15) is 11.6 Å². The standard InChI is InChI=1S/C19H25N5/c1-3-4-5-6-11-21-16-12-15(14-9-7-13(2)8-10-14)17-18(20)23-24-19(17)22-16/h7-10,12H,3-6,11H2,1-2H3,(H4,20,21,22,23,24). The number of H-pyrrole nitrogens is 1. The molecule has 0 saturated carbocycles. The number of aryl methyl sites for hydroxylation is 1. The van der Waals surface area contributed by atoms with E-state index in [9.17, 15) is 0 Å². The van der Waals surface area contributed by atoms with Gasteiger partial charge < -0.3 is 11.1 Å². The van der Waals surface area contributed by atoms with Gasteiger partial charge in [-0.2, -0.15) is 5.10 Å². The van der Waals surface area contributed by atoms with E-state index in [2.05, 4.69) is 64.7 Å². The molecule has 3 rings (SSSR count). The van der Waals surface area contributed by atoms with Gasteiger partial charge in [-0.3, -0.25) is 5.10 Å². The largest absolute Gasteiger partial charge is 0.383 e. The fraction of sp³-hybridized carbons (Fsp3) is 0.368. The Kier molecular flexibility index (Phi) is 4.99. The van der Waals surface area contributed by atoms with Crippen LogP contribution in [-0.2, 0) is 0 Å². The molecule has 5 heteroatoms. The molecule has 1 aromatic carbocycles. The van der Waals surface area contributed by atoms with Crippen LogP contribution in [-0.4, -0.2) is 21.7 Å². The van der Waals surface area contributed by atoms with Crippen molar-refractivity contribution >= 4 is 22.7 Å². The Bertz CT molecular complexity index is 804. The van der Waals surface area contributed by atoms with Crippen molar-refractivity contribution < 1.29 is 0 Å². The lowest BCUT2D eigenvalue weighted by Gasteiger charge is -2.10. The van der Waals surface area contributed by atoms with Crippen molar-refractivity contribution in [1.29, 1.82) is 0 Å². The summed E-state index contributed by atoms with van der Waals surface area (Å²) in [7, 11) is 0. The molecule has 2 heterocycles. The number of hydrogen-bond donors (Lipinski definition) is 3. The Morgan fingerprint density at radius 2 is 1.92 bits per heavy atom. The first-order valence-electron chi connectivity index (χ1n) is 8.64. The highest BCUT2D eigenvalue weighted by molar-refractivity contribution is 6.01. The molecule has 0 radical (unpaired) electrons. The van der Waals surface area contributed by atoms with Gasteiger partial charge >= 0.3 is 0 Å². The van der Waals surface area contributed by atoms with Gasteiger partial charge in [0.2, 0.25) is 0 Å². The maximum absolute atomic E-state index is 6.07. The molecule has 4 N–H and O–H groups in total. The molecule has 0 fully saturated rings. The van der Waals surface area contributed by atoms with Crippen molar-refractivity contribution in [3.8, 4) is 11.1 Å². The van der Waals surface area contributed by atoms with Crippen LogP contribution in [0.5, 0.6) is 0 Å². The summed E-state index contributed by atoms with van der Waals surface area (Å²) in [5.41, 5.74) is 10.1. The van der Waals surface area contributed by atoms with Gasteiger partial charge in [-0.05, 0) is 25.0 Å². The smallest absolute Gasteiger partial charge is 0.185 e. The molecule has 2 aromatic heterocycles. The number of pyridine rings is 1. The number of anilines is 2. The normalized spacial score (nSPS) is 11.1. The highest BCUT2D eigenvalue weighted by Crippen LogP contribution is 2.32. The van der Waals surface area contributed by atoms with E-state index in [1.165, 1.54) is 24.8 Å². The molecule has 0 saturated heterocycles. The molecule has 5 nitrogen and oxygen atoms in total. The van der Waals surface area contributed by atoms with Crippen LogP contribution in [0, 0.1) is 6.92 Å². The summed E-state index contributed by atoms with van der Waals surface area (Å²) in [5, 5.41) is 11.4. The highest BCUT2D eigenvalue weighted by atomic mass is 15.2. The van der Waals surface area contributed by atoms with Gasteiger partial charge in [0.05, 0.1) is 5.39 Å². The molecule has 0 aliphatic heterocycles. The Morgan fingerprint density at radius 1 is 1.12 bits per heavy atom. The Morgan fingerprint density at radius 3 is 2.67 bits per heavy atom. The van der Waals surface area contributed by atoms with Crippen molar-refractivity contribution in [2.75, 3.05) is 17.6 Å². The summed E-state index contributed by atoms with van der Waals surface area (Å²) in [4.78, 5) is 4.58. The molecule has 0 aliphatic carbocycles. The van der Waals surface area contributed by atoms with Crippen LogP contribution >= 0.6 is 0 Å². The summed E-state index contributed by atoms with van der Waals surface area (Å²) in [5.74, 6) is 1.41. The minimum absolute atomic E-state index is 0.558. The number of nitrogens with two attached hydrogens (primary N) is 1. The van der Waals surface area contributed by atoms with Gasteiger partial charge in [-0.25, -0.2) is 4.98 Å². The maximum Gasteiger partial charge on any atom is 0.185 e. The number of nitrogen functional groups attached to an aromatic ring is 1. The van der Waals surface area contributed by atoms with E-state index in [4.69, 9.17) is 5.73 Å². The zero-order valence-corrected chi connectivity index (χ0v) is 14.4. The summed E-state index contributed by atoms with van der Waals surface area (Å²) < 4.78 is 0. The van der Waals surface area contributed by atoms with E-state index >= 15 is 0 Å². The van der Waals surface area contributed by atoms with Crippen molar-refractivity contribution in [1.82, 2.24) is 15.2 Å². The van der Waals surface area contributed by atoms with Crippen molar-refractivity contribution in [3.05, 3.63) is 35.9 Å². The molecule has 0 amide bonds. The summed E-state index contributed by atoms with van der Waals surface area (Å²) in [6.45, 7) is 5.23. The Hall–Kier alpha value is -2.56. The van der Waals surface area contributed by atoms with Crippen LogP contribution < -0.4 is 11.1 Å². The number of unbranched alkanes of at least 4 members (excludes halogenated alkanes) is 3. The monoisotopic (exact) mass is 323 g/mol. The number of benzene rings is 1. The van der Waals surface area contributed by atoms with Gasteiger partial charge in [0.15, 0.2) is 5.65 Å². The second-order valence-electron chi connectivity index (χ2n) is 6.24. The van der Waals surface area contributed by atoms with Crippen molar-refractivity contribution in [2.24, 2.45) is 0 Å². The molecule has 3 aromatic rings. The molecule has 0 aliphatic rings. The summed E-state index contributed by atoms with van der Waals surface area (Å²) in [6.07, 6.45) is 4.91. The average Bonchev–Trinajstić information content (AvgIpc) is 2.96. The number of hydrogen-bond acceptors (Lipinski definition) is 4. The third-order valence-electron chi connectivity index (χ3n) is 4.25. The van der Waals surface area contributed by atoms with Gasteiger partial charge in [0, 0.05) is 12.1 Å². The molecule has 0 spiro atoms. The van der Waals surface area contributed by atoms with E-state index in [0.29, 0.717) is 11.5 Å². The first-order valence-corrected chi connectivity index (χ1v) is 8.64. The molecule has 0 unspecified atom stereocenters. The first kappa shape index (κ1) is 16.3. The quantitative estimate of drug-likeness (QED) is 0.559. The zero-order valence-electron chi connectivity index (χ0n) is 14.4. The molecule has 0 bridgehead atoms. The van der Waals surface area contributed by atoms with E-state index < -0.39 is 0 Å². The van der Waals surface area contributed by atoms with E-state index in [1.807, 2.05) is 0 Å². The second kappa shape index (κ2) is 7.34. The molecular weight excluding hydrogens is 298 g/mol. The van der Waals surface area contributed by atoms with Gasteiger partial charge in [-0.15, -0.1) is 0 Å². The Labute approximate surface area is 142 Å². The fourth-order valence-electron chi connectivity index (χ4n) is 2.87. The molecule has 24 heavy (non-hydrogen) atoms. The first-order chi connectivity index (χ1) is 11.7. The SMILES string of the molecule is CCCCCCNc1cc(-c2ccc(C)cc2)c2c(N)[nH]nc2n1. The number of nitrogens with zero attached hydrogens (tertiary/aromatic N) is 2. The molecular formula is C19H25N5. The number of aromatic nitrogens is 3. The van der Waals surface area contributed by atoms with Crippen molar-refractivity contribution in [3.63, 3.8) is 0 Å². The number of nitrogens with one attached hydrogen (secondary N) is 2. The second-order valence-corrected chi connectivity index (χ2v) is 6.24. The van der Waals surface area contributed by atoms with Crippen molar-refractivity contribution in [2.45, 2.75) is 39.5 Å². The minimum Gasteiger partial charge on any atom is -0.383 e. The minimum atomic E-state index is 0.558. The van der Waals surface area contributed by atoms with Crippen LogP contribution in [0.25, 0.3) is 22.2 Å². The predicted molar refractivity (Wildman–Crippen MR) is 101 cm³/mol. The molecule has 0 atom stereocenters. The van der Waals surface area contributed by atoms with Crippen LogP contribution in [0.1, 0.15) is 38.2 Å².